The minimum Gasteiger partial charge on any atom is -0.494 e. The van der Waals surface area contributed by atoms with Crippen LogP contribution < -0.4 is 15.8 Å². The summed E-state index contributed by atoms with van der Waals surface area (Å²) in [5.74, 6) is 1.19. The third kappa shape index (κ3) is 4.14. The third-order valence-corrected chi connectivity index (χ3v) is 4.43. The second-order valence-corrected chi connectivity index (χ2v) is 6.14. The quantitative estimate of drug-likeness (QED) is 0.634. The molecule has 0 saturated heterocycles. The zero-order valence-corrected chi connectivity index (χ0v) is 12.6. The van der Waals surface area contributed by atoms with Crippen LogP contribution in [0.4, 0.5) is 11.4 Å². The predicted molar refractivity (Wildman–Crippen MR) is 83.5 cm³/mol. The summed E-state index contributed by atoms with van der Waals surface area (Å²) in [7, 11) is 1.54. The number of amides is 1. The molecule has 106 valence electrons. The topological polar surface area (TPSA) is 77.2 Å². The zero-order chi connectivity index (χ0) is 14.4. The van der Waals surface area contributed by atoms with Crippen LogP contribution in [0.25, 0.3) is 0 Å². The molecule has 0 atom stereocenters. The molecule has 0 spiro atoms. The van der Waals surface area contributed by atoms with Gasteiger partial charge in [-0.1, -0.05) is 11.8 Å². The molecule has 1 heterocycles. The second-order valence-electron chi connectivity index (χ2n) is 3.90. The van der Waals surface area contributed by atoms with E-state index in [1.165, 1.54) is 0 Å². The van der Waals surface area contributed by atoms with Crippen LogP contribution in [0, 0.1) is 0 Å². The number of nitrogens with one attached hydrogen (secondary N) is 1. The Morgan fingerprint density at radius 3 is 3.10 bits per heavy atom. The number of ether oxygens (including phenoxy) is 1. The molecule has 2 rings (SSSR count). The molecule has 5 nitrogen and oxygen atoms in total. The fraction of sp³-hybridized carbons (Fsp3) is 0.231. The van der Waals surface area contributed by atoms with Crippen molar-refractivity contribution >= 4 is 40.4 Å². The average molecular weight is 309 g/mol. The fourth-order valence-electron chi connectivity index (χ4n) is 1.54. The van der Waals surface area contributed by atoms with Gasteiger partial charge >= 0.3 is 0 Å². The number of thiazole rings is 1. The van der Waals surface area contributed by atoms with Crippen LogP contribution in [0.1, 0.15) is 6.42 Å². The minimum absolute atomic E-state index is 0.0582. The third-order valence-electron chi connectivity index (χ3n) is 2.46. The Balaban J connectivity index is 1.85. The Hall–Kier alpha value is -1.73. The first-order valence-corrected chi connectivity index (χ1v) is 7.81. The van der Waals surface area contributed by atoms with Crippen LogP contribution in [0.5, 0.6) is 5.75 Å². The molecule has 0 fully saturated rings. The van der Waals surface area contributed by atoms with E-state index in [4.69, 9.17) is 10.5 Å². The summed E-state index contributed by atoms with van der Waals surface area (Å²) in [5, 5.41) is 4.74. The van der Waals surface area contributed by atoms with Crippen LogP contribution in [0.2, 0.25) is 0 Å². The number of nitrogens with two attached hydrogens (primary N) is 1. The van der Waals surface area contributed by atoms with Gasteiger partial charge in [-0.25, -0.2) is 4.98 Å². The Kier molecular flexibility index (Phi) is 5.25. The van der Waals surface area contributed by atoms with Crippen LogP contribution in [0.3, 0.4) is 0 Å². The SMILES string of the molecule is COc1cc(N)ccc1NC(=O)CCSc1nccs1. The summed E-state index contributed by atoms with van der Waals surface area (Å²) in [5.41, 5.74) is 6.89. The first-order valence-electron chi connectivity index (χ1n) is 5.94. The van der Waals surface area contributed by atoms with E-state index in [1.807, 2.05) is 5.38 Å². The van der Waals surface area contributed by atoms with Gasteiger partial charge in [-0.05, 0) is 12.1 Å². The zero-order valence-electron chi connectivity index (χ0n) is 11.0. The number of hydrogen-bond acceptors (Lipinski definition) is 6. The highest BCUT2D eigenvalue weighted by Crippen LogP contribution is 2.27. The number of rotatable bonds is 6. The van der Waals surface area contributed by atoms with E-state index < -0.39 is 0 Å². The van der Waals surface area contributed by atoms with Crippen molar-refractivity contribution in [1.82, 2.24) is 4.98 Å². The summed E-state index contributed by atoms with van der Waals surface area (Å²) in [6.45, 7) is 0. The summed E-state index contributed by atoms with van der Waals surface area (Å²) in [6, 6.07) is 5.14. The van der Waals surface area contributed by atoms with Gasteiger partial charge in [0, 0.05) is 35.5 Å². The van der Waals surface area contributed by atoms with Gasteiger partial charge in [-0.3, -0.25) is 4.79 Å². The van der Waals surface area contributed by atoms with Crippen LogP contribution >= 0.6 is 23.1 Å². The smallest absolute Gasteiger partial charge is 0.225 e. The monoisotopic (exact) mass is 309 g/mol. The molecule has 0 aliphatic carbocycles. The second kappa shape index (κ2) is 7.16. The first-order chi connectivity index (χ1) is 9.69. The van der Waals surface area contributed by atoms with Gasteiger partial charge < -0.3 is 15.8 Å². The number of hydrogen-bond donors (Lipinski definition) is 2. The van der Waals surface area contributed by atoms with Gasteiger partial charge in [0.05, 0.1) is 12.8 Å². The van der Waals surface area contributed by atoms with E-state index in [9.17, 15) is 4.79 Å². The molecule has 7 heteroatoms. The number of anilines is 2. The number of aromatic nitrogens is 1. The standard InChI is InChI=1S/C13H15N3O2S2/c1-18-11-8-9(14)2-3-10(11)16-12(17)4-6-19-13-15-5-7-20-13/h2-3,5,7-8H,4,6,14H2,1H3,(H,16,17). The number of benzene rings is 1. The lowest BCUT2D eigenvalue weighted by molar-refractivity contribution is -0.115. The Morgan fingerprint density at radius 2 is 2.40 bits per heavy atom. The minimum atomic E-state index is -0.0582. The van der Waals surface area contributed by atoms with E-state index in [0.29, 0.717) is 29.3 Å². The molecule has 0 aliphatic rings. The fourth-order valence-corrected chi connectivity index (χ4v) is 3.18. The number of carbonyl (C=O) groups excluding carboxylic acids is 1. The van der Waals surface area contributed by atoms with Crippen LogP contribution in [-0.4, -0.2) is 23.8 Å². The molecule has 20 heavy (non-hydrogen) atoms. The van der Waals surface area contributed by atoms with E-state index in [1.54, 1.807) is 54.6 Å². The molecule has 2 aromatic rings. The summed E-state index contributed by atoms with van der Waals surface area (Å²) in [6.07, 6.45) is 2.17. The lowest BCUT2D eigenvalue weighted by Gasteiger charge is -2.10. The summed E-state index contributed by atoms with van der Waals surface area (Å²) < 4.78 is 6.16. The van der Waals surface area contributed by atoms with Crippen LogP contribution in [-0.2, 0) is 4.79 Å². The Labute approximate surface area is 125 Å². The van der Waals surface area contributed by atoms with Gasteiger partial charge in [0.1, 0.15) is 10.1 Å². The summed E-state index contributed by atoms with van der Waals surface area (Å²) >= 11 is 3.15. The van der Waals surface area contributed by atoms with Gasteiger partial charge in [-0.15, -0.1) is 11.3 Å². The van der Waals surface area contributed by atoms with E-state index in [0.717, 1.165) is 4.34 Å². The molecular formula is C13H15N3O2S2. The molecule has 3 N–H and O–H groups in total. The van der Waals surface area contributed by atoms with Crippen LogP contribution in [0.15, 0.2) is 34.1 Å². The normalized spacial score (nSPS) is 10.2. The van der Waals surface area contributed by atoms with Crippen molar-refractivity contribution in [2.45, 2.75) is 10.8 Å². The van der Waals surface area contributed by atoms with Gasteiger partial charge in [0.2, 0.25) is 5.91 Å². The van der Waals surface area contributed by atoms with E-state index >= 15 is 0 Å². The molecule has 1 aromatic carbocycles. The molecule has 1 aromatic heterocycles. The van der Waals surface area contributed by atoms with Crippen molar-refractivity contribution in [2.75, 3.05) is 23.9 Å². The van der Waals surface area contributed by atoms with Crippen molar-refractivity contribution in [1.29, 1.82) is 0 Å². The largest absolute Gasteiger partial charge is 0.494 e. The molecule has 0 saturated carbocycles. The molecule has 0 bridgehead atoms. The van der Waals surface area contributed by atoms with E-state index in [2.05, 4.69) is 10.3 Å². The first kappa shape index (κ1) is 14.7. The molecular weight excluding hydrogens is 294 g/mol. The molecule has 0 unspecified atom stereocenters. The number of methoxy groups -OCH3 is 1. The Bertz CT molecular complexity index is 573. The molecule has 0 radical (unpaired) electrons. The maximum absolute atomic E-state index is 11.9. The van der Waals surface area contributed by atoms with Gasteiger partial charge in [-0.2, -0.15) is 0 Å². The van der Waals surface area contributed by atoms with Crippen molar-refractivity contribution in [3.63, 3.8) is 0 Å². The highest BCUT2D eigenvalue weighted by molar-refractivity contribution is 8.01. The number of thioether (sulfide) groups is 1. The molecule has 0 aliphatic heterocycles. The van der Waals surface area contributed by atoms with Crippen molar-refractivity contribution in [3.05, 3.63) is 29.8 Å². The number of nitrogens with zero attached hydrogens (tertiary/aromatic N) is 1. The van der Waals surface area contributed by atoms with Gasteiger partial charge in [0.25, 0.3) is 0 Å². The number of nitrogen functional groups attached to an aromatic ring is 1. The summed E-state index contributed by atoms with van der Waals surface area (Å²) in [4.78, 5) is 16.0. The lowest BCUT2D eigenvalue weighted by Crippen LogP contribution is -2.13. The molecule has 1 amide bonds. The average Bonchev–Trinajstić information content (AvgIpc) is 2.94. The number of carbonyl (C=O) groups is 1. The highest BCUT2D eigenvalue weighted by Gasteiger charge is 2.08. The van der Waals surface area contributed by atoms with Crippen molar-refractivity contribution in [2.24, 2.45) is 0 Å². The maximum Gasteiger partial charge on any atom is 0.225 e. The lowest BCUT2D eigenvalue weighted by atomic mass is 10.2. The van der Waals surface area contributed by atoms with Crippen molar-refractivity contribution < 1.29 is 9.53 Å². The highest BCUT2D eigenvalue weighted by atomic mass is 32.2. The van der Waals surface area contributed by atoms with Crippen molar-refractivity contribution in [3.8, 4) is 5.75 Å². The Morgan fingerprint density at radius 1 is 1.55 bits per heavy atom. The van der Waals surface area contributed by atoms with E-state index in [-0.39, 0.29) is 5.91 Å². The van der Waals surface area contributed by atoms with Gasteiger partial charge in [0.15, 0.2) is 0 Å². The maximum atomic E-state index is 11.9. The predicted octanol–water partition coefficient (Wildman–Crippen LogP) is 2.85.